The van der Waals surface area contributed by atoms with E-state index in [1.54, 1.807) is 28.8 Å². The number of H-pyrrole nitrogens is 1. The van der Waals surface area contributed by atoms with E-state index in [1.807, 2.05) is 0 Å². The third-order valence-electron chi connectivity index (χ3n) is 3.97. The summed E-state index contributed by atoms with van der Waals surface area (Å²) in [5.74, 6) is -0.324. The number of anilines is 1. The number of rotatable bonds is 3. The van der Waals surface area contributed by atoms with Gasteiger partial charge in [0.25, 0.3) is 5.91 Å². The van der Waals surface area contributed by atoms with Crippen LogP contribution >= 0.6 is 0 Å². The van der Waals surface area contributed by atoms with Gasteiger partial charge in [0.05, 0.1) is 22.3 Å². The number of carbonyl (C=O) groups is 1. The number of amides is 1. The molecule has 7 nitrogen and oxygen atoms in total. The van der Waals surface area contributed by atoms with E-state index in [1.165, 1.54) is 18.7 Å². The molecule has 0 fully saturated rings. The first kappa shape index (κ1) is 16.8. The number of aromatic nitrogens is 5. The van der Waals surface area contributed by atoms with Crippen LogP contribution < -0.4 is 5.32 Å². The summed E-state index contributed by atoms with van der Waals surface area (Å²) in [6.07, 6.45) is -1.55. The highest BCUT2D eigenvalue weighted by atomic mass is 19.4. The second-order valence-corrected chi connectivity index (χ2v) is 5.67. The number of hydrogen-bond acceptors (Lipinski definition) is 4. The smallest absolute Gasteiger partial charge is 0.304 e. The standard InChI is InChI=1S/C17H11F3N6O/c18-17(19,20)10-5-6-11-13(7-10)24-25-15(11)23-16(27)12-3-1-2-4-14(12)26-8-21-22-9-26/h1-9H,(H2,23,24,25,27). The molecule has 0 bridgehead atoms. The number of nitrogens with zero attached hydrogens (tertiary/aromatic N) is 4. The van der Waals surface area contributed by atoms with Gasteiger partial charge >= 0.3 is 6.18 Å². The van der Waals surface area contributed by atoms with Crippen LogP contribution in [0.15, 0.2) is 55.1 Å². The molecule has 2 aromatic heterocycles. The van der Waals surface area contributed by atoms with E-state index < -0.39 is 17.6 Å². The fourth-order valence-electron chi connectivity index (χ4n) is 2.68. The Bertz CT molecular complexity index is 1120. The van der Waals surface area contributed by atoms with Crippen molar-refractivity contribution in [1.82, 2.24) is 25.0 Å². The predicted octanol–water partition coefficient (Wildman–Crippen LogP) is 3.41. The molecule has 0 spiro atoms. The minimum absolute atomic E-state index is 0.141. The SMILES string of the molecule is O=C(Nc1n[nH]c2cc(C(F)(F)F)ccc12)c1ccccc1-n1cnnc1. The average Bonchev–Trinajstić information content (AvgIpc) is 3.31. The number of carbonyl (C=O) groups excluding carboxylic acids is 1. The second kappa shape index (κ2) is 6.24. The van der Waals surface area contributed by atoms with Gasteiger partial charge in [0.1, 0.15) is 12.7 Å². The number of halogens is 3. The van der Waals surface area contributed by atoms with Gasteiger partial charge in [0.15, 0.2) is 5.82 Å². The lowest BCUT2D eigenvalue weighted by Crippen LogP contribution is -2.15. The Balaban J connectivity index is 1.67. The van der Waals surface area contributed by atoms with Gasteiger partial charge in [-0.3, -0.25) is 14.5 Å². The molecule has 4 rings (SSSR count). The lowest BCUT2D eigenvalue weighted by Gasteiger charge is -2.09. The highest BCUT2D eigenvalue weighted by molar-refractivity contribution is 6.09. The van der Waals surface area contributed by atoms with E-state index in [2.05, 4.69) is 25.7 Å². The molecule has 2 aromatic carbocycles. The van der Waals surface area contributed by atoms with E-state index in [4.69, 9.17) is 0 Å². The molecule has 2 N–H and O–H groups in total. The van der Waals surface area contributed by atoms with Gasteiger partial charge < -0.3 is 5.32 Å². The number of nitrogens with one attached hydrogen (secondary N) is 2. The molecule has 0 aliphatic carbocycles. The highest BCUT2D eigenvalue weighted by Crippen LogP contribution is 2.32. The Labute approximate surface area is 149 Å². The Hall–Kier alpha value is -3.69. The molecule has 10 heteroatoms. The maximum absolute atomic E-state index is 12.8. The van der Waals surface area contributed by atoms with Gasteiger partial charge in [0.2, 0.25) is 0 Å². The molecule has 136 valence electrons. The topological polar surface area (TPSA) is 88.5 Å². The van der Waals surface area contributed by atoms with Crippen LogP contribution in [0.5, 0.6) is 0 Å². The van der Waals surface area contributed by atoms with Crippen molar-refractivity contribution in [1.29, 1.82) is 0 Å². The van der Waals surface area contributed by atoms with Gasteiger partial charge in [-0.05, 0) is 30.3 Å². The van der Waals surface area contributed by atoms with Gasteiger partial charge in [-0.1, -0.05) is 12.1 Å². The van der Waals surface area contributed by atoms with E-state index >= 15 is 0 Å². The van der Waals surface area contributed by atoms with Crippen molar-refractivity contribution in [3.05, 3.63) is 66.2 Å². The summed E-state index contributed by atoms with van der Waals surface area (Å²) in [7, 11) is 0. The summed E-state index contributed by atoms with van der Waals surface area (Å²) >= 11 is 0. The minimum atomic E-state index is -4.46. The van der Waals surface area contributed by atoms with Gasteiger partial charge in [0, 0.05) is 5.39 Å². The fraction of sp³-hybridized carbons (Fsp3) is 0.0588. The van der Waals surface area contributed by atoms with Crippen LogP contribution in [0.4, 0.5) is 19.0 Å². The number of alkyl halides is 3. The zero-order valence-electron chi connectivity index (χ0n) is 13.5. The second-order valence-electron chi connectivity index (χ2n) is 5.67. The molecular formula is C17H11F3N6O. The van der Waals surface area contributed by atoms with Crippen molar-refractivity contribution < 1.29 is 18.0 Å². The maximum Gasteiger partial charge on any atom is 0.416 e. The van der Waals surface area contributed by atoms with E-state index in [0.717, 1.165) is 12.1 Å². The first-order valence-corrected chi connectivity index (χ1v) is 7.74. The summed E-state index contributed by atoms with van der Waals surface area (Å²) in [6, 6.07) is 9.94. The minimum Gasteiger partial charge on any atom is -0.304 e. The van der Waals surface area contributed by atoms with Crippen LogP contribution in [0, 0.1) is 0 Å². The Morgan fingerprint density at radius 1 is 1.07 bits per heavy atom. The summed E-state index contributed by atoms with van der Waals surface area (Å²) in [6.45, 7) is 0. The van der Waals surface area contributed by atoms with Gasteiger partial charge in [-0.25, -0.2) is 0 Å². The summed E-state index contributed by atoms with van der Waals surface area (Å²) in [5, 5.41) is 16.9. The molecule has 0 saturated heterocycles. The number of aromatic amines is 1. The summed E-state index contributed by atoms with van der Waals surface area (Å²) < 4.78 is 40.0. The van der Waals surface area contributed by atoms with Crippen molar-refractivity contribution in [3.8, 4) is 5.69 Å². The molecule has 0 aliphatic rings. The summed E-state index contributed by atoms with van der Waals surface area (Å²) in [4.78, 5) is 12.7. The summed E-state index contributed by atoms with van der Waals surface area (Å²) in [5.41, 5.74) is 0.265. The predicted molar refractivity (Wildman–Crippen MR) is 90.4 cm³/mol. The molecular weight excluding hydrogens is 361 g/mol. The van der Waals surface area contributed by atoms with Crippen LogP contribution in [0.2, 0.25) is 0 Å². The molecule has 4 aromatic rings. The first-order chi connectivity index (χ1) is 12.9. The third-order valence-corrected chi connectivity index (χ3v) is 3.97. The van der Waals surface area contributed by atoms with Crippen molar-refractivity contribution in [2.75, 3.05) is 5.32 Å². The van der Waals surface area contributed by atoms with Crippen molar-refractivity contribution >= 4 is 22.6 Å². The van der Waals surface area contributed by atoms with Crippen LogP contribution in [-0.4, -0.2) is 30.9 Å². The van der Waals surface area contributed by atoms with Crippen molar-refractivity contribution in [3.63, 3.8) is 0 Å². The molecule has 0 radical (unpaired) electrons. The van der Waals surface area contributed by atoms with E-state index in [-0.39, 0.29) is 11.3 Å². The lowest BCUT2D eigenvalue weighted by molar-refractivity contribution is -0.137. The van der Waals surface area contributed by atoms with Crippen molar-refractivity contribution in [2.45, 2.75) is 6.18 Å². The third kappa shape index (κ3) is 3.12. The molecule has 1 amide bonds. The molecule has 0 saturated carbocycles. The van der Waals surface area contributed by atoms with Crippen LogP contribution in [0.3, 0.4) is 0 Å². The van der Waals surface area contributed by atoms with E-state index in [0.29, 0.717) is 16.6 Å². The van der Waals surface area contributed by atoms with Gasteiger partial charge in [-0.15, -0.1) is 10.2 Å². The molecule has 27 heavy (non-hydrogen) atoms. The fourth-order valence-corrected chi connectivity index (χ4v) is 2.68. The zero-order chi connectivity index (χ0) is 19.0. The van der Waals surface area contributed by atoms with Crippen LogP contribution in [-0.2, 0) is 6.18 Å². The molecule has 0 aliphatic heterocycles. The largest absolute Gasteiger partial charge is 0.416 e. The van der Waals surface area contributed by atoms with Gasteiger partial charge in [-0.2, -0.15) is 18.3 Å². The quantitative estimate of drug-likeness (QED) is 0.577. The average molecular weight is 372 g/mol. The molecule has 0 unspecified atom stereocenters. The Morgan fingerprint density at radius 3 is 2.56 bits per heavy atom. The normalized spacial score (nSPS) is 11.7. The Kier molecular flexibility index (Phi) is 3.87. The molecule has 2 heterocycles. The van der Waals surface area contributed by atoms with Crippen molar-refractivity contribution in [2.24, 2.45) is 0 Å². The maximum atomic E-state index is 12.8. The number of hydrogen-bond donors (Lipinski definition) is 2. The highest BCUT2D eigenvalue weighted by Gasteiger charge is 2.31. The van der Waals surface area contributed by atoms with Crippen LogP contribution in [0.1, 0.15) is 15.9 Å². The first-order valence-electron chi connectivity index (χ1n) is 7.74. The lowest BCUT2D eigenvalue weighted by atomic mass is 10.1. The molecule has 0 atom stereocenters. The number of para-hydroxylation sites is 1. The monoisotopic (exact) mass is 372 g/mol. The van der Waals surface area contributed by atoms with Crippen LogP contribution in [0.25, 0.3) is 16.6 Å². The van der Waals surface area contributed by atoms with E-state index in [9.17, 15) is 18.0 Å². The zero-order valence-corrected chi connectivity index (χ0v) is 13.5. The number of benzene rings is 2. The Morgan fingerprint density at radius 2 is 1.81 bits per heavy atom. The number of fused-ring (bicyclic) bond motifs is 1.